The first kappa shape index (κ1) is 13.8. The van der Waals surface area contributed by atoms with Crippen LogP contribution in [0.2, 0.25) is 0 Å². The van der Waals surface area contributed by atoms with Crippen LogP contribution in [-0.4, -0.2) is 44.4 Å². The van der Waals surface area contributed by atoms with E-state index >= 15 is 0 Å². The summed E-state index contributed by atoms with van der Waals surface area (Å²) in [6.07, 6.45) is -0.546. The van der Waals surface area contributed by atoms with Crippen molar-refractivity contribution in [1.29, 1.82) is 0 Å². The number of aliphatic hydroxyl groups is 1. The first-order chi connectivity index (χ1) is 8.04. The van der Waals surface area contributed by atoms with Gasteiger partial charge in [-0.3, -0.25) is 0 Å². The van der Waals surface area contributed by atoms with Crippen LogP contribution in [0.4, 0.5) is 0 Å². The van der Waals surface area contributed by atoms with Crippen LogP contribution in [-0.2, 0) is 0 Å². The van der Waals surface area contributed by atoms with E-state index in [0.29, 0.717) is 12.4 Å². The zero-order valence-corrected chi connectivity index (χ0v) is 10.9. The van der Waals surface area contributed by atoms with Crippen molar-refractivity contribution in [3.8, 4) is 11.5 Å². The minimum absolute atomic E-state index is 0.546. The van der Waals surface area contributed by atoms with Gasteiger partial charge in [-0.25, -0.2) is 0 Å². The zero-order chi connectivity index (χ0) is 12.8. The van der Waals surface area contributed by atoms with Crippen molar-refractivity contribution in [2.75, 3.05) is 34.4 Å². The van der Waals surface area contributed by atoms with Crippen molar-refractivity contribution in [2.45, 2.75) is 13.0 Å². The quantitative estimate of drug-likeness (QED) is 0.820. The zero-order valence-electron chi connectivity index (χ0n) is 10.9. The maximum absolute atomic E-state index is 9.65. The highest BCUT2D eigenvalue weighted by atomic mass is 16.5. The van der Waals surface area contributed by atoms with Gasteiger partial charge in [0.2, 0.25) is 0 Å². The van der Waals surface area contributed by atoms with E-state index in [9.17, 15) is 5.11 Å². The van der Waals surface area contributed by atoms with Gasteiger partial charge in [-0.2, -0.15) is 0 Å². The van der Waals surface area contributed by atoms with Crippen LogP contribution in [0.25, 0.3) is 0 Å². The molecule has 0 saturated carbocycles. The molecule has 1 N–H and O–H groups in total. The minimum atomic E-state index is -0.546. The molecule has 96 valence electrons. The van der Waals surface area contributed by atoms with Gasteiger partial charge in [0.05, 0.1) is 13.2 Å². The van der Waals surface area contributed by atoms with E-state index in [1.807, 2.05) is 31.1 Å². The number of likely N-dealkylation sites (N-methyl/N-ethyl adjacent to an activating group) is 1. The maximum Gasteiger partial charge on any atom is 0.128 e. The van der Waals surface area contributed by atoms with E-state index in [-0.39, 0.29) is 0 Å². The highest BCUT2D eigenvalue weighted by Crippen LogP contribution is 2.29. The molecule has 1 rings (SSSR count). The molecular weight excluding hydrogens is 218 g/mol. The lowest BCUT2D eigenvalue weighted by atomic mass is 10.1. The summed E-state index contributed by atoms with van der Waals surface area (Å²) in [4.78, 5) is 2.04. The highest BCUT2D eigenvalue weighted by molar-refractivity contribution is 5.41. The molecule has 0 radical (unpaired) electrons. The van der Waals surface area contributed by atoms with Crippen molar-refractivity contribution in [3.63, 3.8) is 0 Å². The summed E-state index contributed by atoms with van der Waals surface area (Å²) in [6, 6.07) is 5.45. The van der Waals surface area contributed by atoms with Crippen molar-refractivity contribution >= 4 is 0 Å². The molecule has 4 heteroatoms. The summed E-state index contributed by atoms with van der Waals surface area (Å²) in [5, 5.41) is 9.65. The summed E-state index contributed by atoms with van der Waals surface area (Å²) in [7, 11) is 5.59. The number of hydrogen-bond donors (Lipinski definition) is 1. The van der Waals surface area contributed by atoms with Gasteiger partial charge < -0.3 is 19.5 Å². The van der Waals surface area contributed by atoms with E-state index in [1.165, 1.54) is 0 Å². The summed E-state index contributed by atoms with van der Waals surface area (Å²) < 4.78 is 10.8. The summed E-state index contributed by atoms with van der Waals surface area (Å²) in [5.41, 5.74) is 0.782. The lowest BCUT2D eigenvalue weighted by Gasteiger charge is -2.16. The number of ether oxygens (including phenoxy) is 2. The number of nitrogens with zero attached hydrogens (tertiary/aromatic N) is 1. The SMILES string of the molecule is COc1ccc([C@H](C)O)c(OCCN(C)C)c1. The Balaban J connectivity index is 2.78. The molecule has 0 aliphatic heterocycles. The average Bonchev–Trinajstić information content (AvgIpc) is 2.28. The van der Waals surface area contributed by atoms with Gasteiger partial charge in [0.15, 0.2) is 0 Å². The van der Waals surface area contributed by atoms with Crippen LogP contribution in [0.1, 0.15) is 18.6 Å². The highest BCUT2D eigenvalue weighted by Gasteiger charge is 2.10. The monoisotopic (exact) mass is 239 g/mol. The molecular formula is C13H21NO3. The normalized spacial score (nSPS) is 12.6. The van der Waals surface area contributed by atoms with E-state index in [4.69, 9.17) is 9.47 Å². The Morgan fingerprint density at radius 2 is 2.06 bits per heavy atom. The second-order valence-electron chi connectivity index (χ2n) is 4.23. The first-order valence-electron chi connectivity index (χ1n) is 5.68. The number of rotatable bonds is 6. The third-order valence-electron chi connectivity index (χ3n) is 2.47. The second kappa shape index (κ2) is 6.47. The van der Waals surface area contributed by atoms with E-state index in [2.05, 4.69) is 0 Å². The third-order valence-corrected chi connectivity index (χ3v) is 2.47. The van der Waals surface area contributed by atoms with E-state index < -0.39 is 6.10 Å². The van der Waals surface area contributed by atoms with Crippen molar-refractivity contribution < 1.29 is 14.6 Å². The lowest BCUT2D eigenvalue weighted by molar-refractivity contribution is 0.188. The summed E-state index contributed by atoms with van der Waals surface area (Å²) in [6.45, 7) is 3.14. The summed E-state index contributed by atoms with van der Waals surface area (Å²) >= 11 is 0. The molecule has 0 heterocycles. The topological polar surface area (TPSA) is 41.9 Å². The Morgan fingerprint density at radius 3 is 2.59 bits per heavy atom. The molecule has 0 aromatic heterocycles. The van der Waals surface area contributed by atoms with Crippen LogP contribution >= 0.6 is 0 Å². The molecule has 0 aliphatic rings. The fourth-order valence-electron chi connectivity index (χ4n) is 1.45. The molecule has 17 heavy (non-hydrogen) atoms. The number of methoxy groups -OCH3 is 1. The molecule has 0 fully saturated rings. The second-order valence-corrected chi connectivity index (χ2v) is 4.23. The number of aliphatic hydroxyl groups excluding tert-OH is 1. The molecule has 1 atom stereocenters. The van der Waals surface area contributed by atoms with Gasteiger partial charge >= 0.3 is 0 Å². The predicted octanol–water partition coefficient (Wildman–Crippen LogP) is 1.69. The van der Waals surface area contributed by atoms with Crippen molar-refractivity contribution in [1.82, 2.24) is 4.90 Å². The third kappa shape index (κ3) is 4.24. The van der Waals surface area contributed by atoms with Crippen LogP contribution in [0.5, 0.6) is 11.5 Å². The molecule has 0 spiro atoms. The smallest absolute Gasteiger partial charge is 0.128 e. The molecule has 1 aromatic rings. The van der Waals surface area contributed by atoms with Gasteiger partial charge in [0.25, 0.3) is 0 Å². The van der Waals surface area contributed by atoms with Gasteiger partial charge in [0, 0.05) is 18.2 Å². The Morgan fingerprint density at radius 1 is 1.35 bits per heavy atom. The number of hydrogen-bond acceptors (Lipinski definition) is 4. The van der Waals surface area contributed by atoms with Gasteiger partial charge in [-0.15, -0.1) is 0 Å². The number of benzene rings is 1. The van der Waals surface area contributed by atoms with Gasteiger partial charge in [-0.05, 0) is 33.2 Å². The van der Waals surface area contributed by atoms with Crippen LogP contribution in [0, 0.1) is 0 Å². The molecule has 4 nitrogen and oxygen atoms in total. The van der Waals surface area contributed by atoms with Gasteiger partial charge in [-0.1, -0.05) is 0 Å². The molecule has 0 saturated heterocycles. The van der Waals surface area contributed by atoms with E-state index in [0.717, 1.165) is 17.9 Å². The van der Waals surface area contributed by atoms with Crippen LogP contribution < -0.4 is 9.47 Å². The average molecular weight is 239 g/mol. The van der Waals surface area contributed by atoms with Crippen LogP contribution in [0.15, 0.2) is 18.2 Å². The predicted molar refractivity (Wildman–Crippen MR) is 67.7 cm³/mol. The fraction of sp³-hybridized carbons (Fsp3) is 0.538. The Kier molecular flexibility index (Phi) is 5.25. The fourth-order valence-corrected chi connectivity index (χ4v) is 1.45. The van der Waals surface area contributed by atoms with Crippen molar-refractivity contribution in [3.05, 3.63) is 23.8 Å². The Hall–Kier alpha value is -1.26. The molecule has 0 aliphatic carbocycles. The van der Waals surface area contributed by atoms with Crippen molar-refractivity contribution in [2.24, 2.45) is 0 Å². The minimum Gasteiger partial charge on any atom is -0.497 e. The van der Waals surface area contributed by atoms with Crippen LogP contribution in [0.3, 0.4) is 0 Å². The molecule has 0 amide bonds. The summed E-state index contributed by atoms with van der Waals surface area (Å²) in [5.74, 6) is 1.41. The Labute approximate surface area is 103 Å². The molecule has 1 aromatic carbocycles. The van der Waals surface area contributed by atoms with Gasteiger partial charge in [0.1, 0.15) is 18.1 Å². The van der Waals surface area contributed by atoms with E-state index in [1.54, 1.807) is 20.1 Å². The Bertz CT molecular complexity index is 351. The lowest BCUT2D eigenvalue weighted by Crippen LogP contribution is -2.19. The molecule has 0 unspecified atom stereocenters. The molecule has 0 bridgehead atoms. The first-order valence-corrected chi connectivity index (χ1v) is 5.68. The standard InChI is InChI=1S/C13H21NO3/c1-10(15)12-6-5-11(16-4)9-13(12)17-8-7-14(2)3/h5-6,9-10,15H,7-8H2,1-4H3/t10-/m0/s1. The maximum atomic E-state index is 9.65. The largest absolute Gasteiger partial charge is 0.497 e.